The predicted octanol–water partition coefficient (Wildman–Crippen LogP) is 2.58. The van der Waals surface area contributed by atoms with Gasteiger partial charge in [-0.15, -0.1) is 0 Å². The number of rotatable bonds is 3. The van der Waals surface area contributed by atoms with Crippen LogP contribution in [0.3, 0.4) is 0 Å². The third-order valence-corrected chi connectivity index (χ3v) is 3.75. The molecule has 2 heterocycles. The monoisotopic (exact) mass is 287 g/mol. The summed E-state index contributed by atoms with van der Waals surface area (Å²) in [6.45, 7) is 3.75. The molecule has 6 nitrogen and oxygen atoms in total. The van der Waals surface area contributed by atoms with E-state index in [1.54, 1.807) is 12.3 Å². The molecule has 1 fully saturated rings. The molecule has 1 N–H and O–H groups in total. The number of fused-ring (bicyclic) bond motifs is 1. The van der Waals surface area contributed by atoms with Crippen LogP contribution < -0.4 is 10.1 Å². The lowest BCUT2D eigenvalue weighted by molar-refractivity contribution is -0.383. The highest BCUT2D eigenvalue weighted by atomic mass is 16.6. The maximum Gasteiger partial charge on any atom is 0.279 e. The van der Waals surface area contributed by atoms with Crippen LogP contribution in [0.15, 0.2) is 24.4 Å². The molecule has 1 saturated heterocycles. The number of nitrogens with one attached hydrogen (secondary N) is 1. The SMILES string of the molecule is Cc1cc2c(OC3CCNCC3)ccc([N+](=O)[O-])c2cn1. The fraction of sp³-hybridized carbons (Fsp3) is 0.400. The average Bonchev–Trinajstić information content (AvgIpc) is 2.48. The zero-order valence-corrected chi connectivity index (χ0v) is 11.8. The van der Waals surface area contributed by atoms with Crippen molar-refractivity contribution >= 4 is 16.5 Å². The Morgan fingerprint density at radius 1 is 1.33 bits per heavy atom. The van der Waals surface area contributed by atoms with Gasteiger partial charge in [0.2, 0.25) is 0 Å². The highest BCUT2D eigenvalue weighted by molar-refractivity contribution is 5.95. The molecule has 6 heteroatoms. The van der Waals surface area contributed by atoms with Gasteiger partial charge in [-0.25, -0.2) is 0 Å². The minimum absolute atomic E-state index is 0.0650. The smallest absolute Gasteiger partial charge is 0.279 e. The number of nitro groups is 1. The molecule has 3 rings (SSSR count). The van der Waals surface area contributed by atoms with Crippen LogP contribution in [0.2, 0.25) is 0 Å². The van der Waals surface area contributed by atoms with E-state index in [2.05, 4.69) is 10.3 Å². The molecular weight excluding hydrogens is 270 g/mol. The topological polar surface area (TPSA) is 77.3 Å². The van der Waals surface area contributed by atoms with Gasteiger partial charge in [0.25, 0.3) is 5.69 Å². The number of aryl methyl sites for hydroxylation is 1. The Bertz CT molecular complexity index is 681. The second-order valence-corrected chi connectivity index (χ2v) is 5.28. The van der Waals surface area contributed by atoms with Gasteiger partial charge in [0, 0.05) is 23.3 Å². The molecule has 0 aliphatic carbocycles. The van der Waals surface area contributed by atoms with Crippen LogP contribution in [0.1, 0.15) is 18.5 Å². The Hall–Kier alpha value is -2.21. The first-order valence-corrected chi connectivity index (χ1v) is 7.06. The van der Waals surface area contributed by atoms with Crippen molar-refractivity contribution in [1.82, 2.24) is 10.3 Å². The van der Waals surface area contributed by atoms with E-state index in [4.69, 9.17) is 4.74 Å². The highest BCUT2D eigenvalue weighted by Gasteiger charge is 2.19. The molecule has 1 aromatic heterocycles. The molecule has 0 bridgehead atoms. The van der Waals surface area contributed by atoms with Crippen molar-refractivity contribution < 1.29 is 9.66 Å². The van der Waals surface area contributed by atoms with E-state index in [1.807, 2.05) is 13.0 Å². The van der Waals surface area contributed by atoms with Gasteiger partial charge in [-0.3, -0.25) is 15.1 Å². The quantitative estimate of drug-likeness (QED) is 0.693. The first kappa shape index (κ1) is 13.8. The standard InChI is InChI=1S/C15H17N3O3/c1-10-8-12-13(9-17-10)14(18(19)20)2-3-15(12)21-11-4-6-16-7-5-11/h2-3,8-9,11,16H,4-7H2,1H3. The van der Waals surface area contributed by atoms with E-state index in [9.17, 15) is 10.1 Å². The summed E-state index contributed by atoms with van der Waals surface area (Å²) < 4.78 is 6.07. The summed E-state index contributed by atoms with van der Waals surface area (Å²) in [6.07, 6.45) is 3.60. The van der Waals surface area contributed by atoms with Crippen LogP contribution in [0.25, 0.3) is 10.8 Å². The molecule has 0 unspecified atom stereocenters. The Kier molecular flexibility index (Phi) is 3.70. The maximum absolute atomic E-state index is 11.1. The lowest BCUT2D eigenvalue weighted by Crippen LogP contribution is -2.34. The largest absolute Gasteiger partial charge is 0.490 e. The number of non-ortho nitro benzene ring substituents is 1. The van der Waals surface area contributed by atoms with Crippen molar-refractivity contribution in [1.29, 1.82) is 0 Å². The van der Waals surface area contributed by atoms with Crippen LogP contribution >= 0.6 is 0 Å². The van der Waals surface area contributed by atoms with Gasteiger partial charge in [0.1, 0.15) is 11.9 Å². The number of aromatic nitrogens is 1. The van der Waals surface area contributed by atoms with Gasteiger partial charge >= 0.3 is 0 Å². The number of piperidine rings is 1. The third kappa shape index (κ3) is 2.80. The number of nitrogens with zero attached hydrogens (tertiary/aromatic N) is 2. The number of hydrogen-bond acceptors (Lipinski definition) is 5. The number of hydrogen-bond donors (Lipinski definition) is 1. The summed E-state index contributed by atoms with van der Waals surface area (Å²) in [5, 5.41) is 15.7. The van der Waals surface area contributed by atoms with Gasteiger partial charge < -0.3 is 10.1 Å². The van der Waals surface area contributed by atoms with Crippen LogP contribution in [0.5, 0.6) is 5.75 Å². The van der Waals surface area contributed by atoms with Crippen molar-refractivity contribution in [3.05, 3.63) is 40.2 Å². The minimum Gasteiger partial charge on any atom is -0.490 e. The van der Waals surface area contributed by atoms with Crippen LogP contribution in [-0.4, -0.2) is 29.1 Å². The molecule has 0 spiro atoms. The van der Waals surface area contributed by atoms with Crippen molar-refractivity contribution in [2.75, 3.05) is 13.1 Å². The van der Waals surface area contributed by atoms with E-state index >= 15 is 0 Å². The lowest BCUT2D eigenvalue weighted by Gasteiger charge is -2.24. The van der Waals surface area contributed by atoms with Crippen molar-refractivity contribution in [3.8, 4) is 5.75 Å². The second-order valence-electron chi connectivity index (χ2n) is 5.28. The first-order chi connectivity index (χ1) is 10.1. The summed E-state index contributed by atoms with van der Waals surface area (Å²) >= 11 is 0. The van der Waals surface area contributed by atoms with Crippen LogP contribution in [-0.2, 0) is 0 Å². The fourth-order valence-corrected chi connectivity index (χ4v) is 2.66. The Balaban J connectivity index is 2.03. The molecule has 0 amide bonds. The molecule has 2 aromatic rings. The van der Waals surface area contributed by atoms with Crippen molar-refractivity contribution in [2.45, 2.75) is 25.9 Å². The molecule has 0 saturated carbocycles. The van der Waals surface area contributed by atoms with Crippen LogP contribution in [0.4, 0.5) is 5.69 Å². The Morgan fingerprint density at radius 2 is 2.10 bits per heavy atom. The minimum atomic E-state index is -0.381. The number of ether oxygens (including phenoxy) is 1. The predicted molar refractivity (Wildman–Crippen MR) is 79.7 cm³/mol. The first-order valence-electron chi connectivity index (χ1n) is 7.06. The zero-order chi connectivity index (χ0) is 14.8. The third-order valence-electron chi connectivity index (χ3n) is 3.75. The molecule has 21 heavy (non-hydrogen) atoms. The van der Waals surface area contributed by atoms with Gasteiger partial charge in [-0.05, 0) is 45.0 Å². The summed E-state index contributed by atoms with van der Waals surface area (Å²) in [7, 11) is 0. The van der Waals surface area contributed by atoms with E-state index < -0.39 is 0 Å². The van der Waals surface area contributed by atoms with Gasteiger partial charge in [0.15, 0.2) is 0 Å². The van der Waals surface area contributed by atoms with E-state index in [0.29, 0.717) is 11.1 Å². The highest BCUT2D eigenvalue weighted by Crippen LogP contribution is 2.34. The number of benzene rings is 1. The van der Waals surface area contributed by atoms with Gasteiger partial charge in [0.05, 0.1) is 10.3 Å². The summed E-state index contributed by atoms with van der Waals surface area (Å²) in [6, 6.07) is 5.04. The second kappa shape index (κ2) is 5.65. The summed E-state index contributed by atoms with van der Waals surface area (Å²) in [5.41, 5.74) is 0.883. The normalized spacial score (nSPS) is 16.0. The van der Waals surface area contributed by atoms with E-state index in [1.165, 1.54) is 6.07 Å². The van der Waals surface area contributed by atoms with Crippen LogP contribution in [0, 0.1) is 17.0 Å². The lowest BCUT2D eigenvalue weighted by atomic mass is 10.1. The molecule has 1 aromatic carbocycles. The fourth-order valence-electron chi connectivity index (χ4n) is 2.66. The molecule has 1 aliphatic heterocycles. The zero-order valence-electron chi connectivity index (χ0n) is 11.8. The Labute approximate surface area is 122 Å². The Morgan fingerprint density at radius 3 is 2.81 bits per heavy atom. The van der Waals surface area contributed by atoms with E-state index in [0.717, 1.165) is 37.0 Å². The molecular formula is C15H17N3O3. The van der Waals surface area contributed by atoms with E-state index in [-0.39, 0.29) is 16.7 Å². The van der Waals surface area contributed by atoms with Gasteiger partial charge in [-0.2, -0.15) is 0 Å². The number of pyridine rings is 1. The molecule has 110 valence electrons. The molecule has 0 atom stereocenters. The molecule has 1 aliphatic rings. The summed E-state index contributed by atoms with van der Waals surface area (Å²) in [5.74, 6) is 0.702. The summed E-state index contributed by atoms with van der Waals surface area (Å²) in [4.78, 5) is 14.9. The molecule has 0 radical (unpaired) electrons. The number of nitro benzene ring substituents is 1. The van der Waals surface area contributed by atoms with Gasteiger partial charge in [-0.1, -0.05) is 0 Å². The average molecular weight is 287 g/mol. The van der Waals surface area contributed by atoms with Crippen molar-refractivity contribution in [2.24, 2.45) is 0 Å². The van der Waals surface area contributed by atoms with Crippen molar-refractivity contribution in [3.63, 3.8) is 0 Å². The maximum atomic E-state index is 11.1.